The van der Waals surface area contributed by atoms with E-state index in [0.717, 1.165) is 56.1 Å². The van der Waals surface area contributed by atoms with Crippen molar-refractivity contribution in [2.45, 2.75) is 52.2 Å². The van der Waals surface area contributed by atoms with E-state index in [9.17, 15) is 9.18 Å². The van der Waals surface area contributed by atoms with Gasteiger partial charge in [0, 0.05) is 32.7 Å². The standard InChI is InChI=1S/C27H36FN3O/c1-21-4-2-14-30(17-21)18-23-8-6-22(7-9-23)16-29-27(32)25-5-3-15-31(20-25)19-24-10-12-26(28)13-11-24/h6-13,21,25H,2-5,14-20H2,1H3,(H,29,32). The highest BCUT2D eigenvalue weighted by Gasteiger charge is 2.25. The molecule has 0 aliphatic carbocycles. The zero-order valence-corrected chi connectivity index (χ0v) is 19.2. The van der Waals surface area contributed by atoms with E-state index in [4.69, 9.17) is 0 Å². The van der Waals surface area contributed by atoms with E-state index in [1.54, 1.807) is 0 Å². The highest BCUT2D eigenvalue weighted by Crippen LogP contribution is 2.20. The number of nitrogens with zero attached hydrogens (tertiary/aromatic N) is 2. The molecule has 0 spiro atoms. The number of hydrogen-bond acceptors (Lipinski definition) is 3. The van der Waals surface area contributed by atoms with Crippen molar-refractivity contribution < 1.29 is 9.18 Å². The fraction of sp³-hybridized carbons (Fsp3) is 0.519. The predicted molar refractivity (Wildman–Crippen MR) is 126 cm³/mol. The van der Waals surface area contributed by atoms with Crippen LogP contribution in [-0.2, 0) is 24.4 Å². The summed E-state index contributed by atoms with van der Waals surface area (Å²) in [5, 5.41) is 3.14. The molecule has 2 heterocycles. The van der Waals surface area contributed by atoms with Gasteiger partial charge in [0.1, 0.15) is 5.82 Å². The minimum atomic E-state index is -0.209. The highest BCUT2D eigenvalue weighted by atomic mass is 19.1. The summed E-state index contributed by atoms with van der Waals surface area (Å²) in [5.41, 5.74) is 3.58. The Morgan fingerprint density at radius 2 is 1.44 bits per heavy atom. The number of carbonyl (C=O) groups excluding carboxylic acids is 1. The van der Waals surface area contributed by atoms with Gasteiger partial charge in [0.15, 0.2) is 0 Å². The van der Waals surface area contributed by atoms with E-state index in [-0.39, 0.29) is 17.6 Å². The van der Waals surface area contributed by atoms with Gasteiger partial charge in [0.2, 0.25) is 5.91 Å². The molecule has 2 aromatic rings. The first kappa shape index (κ1) is 22.9. The molecule has 2 aliphatic rings. The number of hydrogen-bond donors (Lipinski definition) is 1. The Labute approximate surface area is 191 Å². The largest absolute Gasteiger partial charge is 0.352 e. The summed E-state index contributed by atoms with van der Waals surface area (Å²) in [5.74, 6) is 0.744. The molecule has 2 atom stereocenters. The van der Waals surface area contributed by atoms with Gasteiger partial charge in [0.05, 0.1) is 5.92 Å². The van der Waals surface area contributed by atoms with Crippen molar-refractivity contribution in [3.63, 3.8) is 0 Å². The van der Waals surface area contributed by atoms with Crippen LogP contribution in [0.4, 0.5) is 4.39 Å². The molecule has 0 aromatic heterocycles. The first-order valence-corrected chi connectivity index (χ1v) is 12.1. The third kappa shape index (κ3) is 6.63. The third-order valence-corrected chi connectivity index (χ3v) is 6.83. The lowest BCUT2D eigenvalue weighted by molar-refractivity contribution is -0.126. The highest BCUT2D eigenvalue weighted by molar-refractivity contribution is 5.79. The van der Waals surface area contributed by atoms with Gasteiger partial charge in [-0.3, -0.25) is 14.6 Å². The van der Waals surface area contributed by atoms with Gasteiger partial charge in [-0.15, -0.1) is 0 Å². The lowest BCUT2D eigenvalue weighted by atomic mass is 9.96. The van der Waals surface area contributed by atoms with Crippen LogP contribution in [0, 0.1) is 17.7 Å². The number of halogens is 1. The van der Waals surface area contributed by atoms with Crippen molar-refractivity contribution in [1.82, 2.24) is 15.1 Å². The van der Waals surface area contributed by atoms with Crippen LogP contribution in [0.25, 0.3) is 0 Å². The molecule has 2 aliphatic heterocycles. The molecule has 2 saturated heterocycles. The molecule has 1 N–H and O–H groups in total. The van der Waals surface area contributed by atoms with E-state index >= 15 is 0 Å². The Morgan fingerprint density at radius 3 is 2.09 bits per heavy atom. The van der Waals surface area contributed by atoms with E-state index < -0.39 is 0 Å². The van der Waals surface area contributed by atoms with Gasteiger partial charge in [-0.05, 0) is 73.5 Å². The SMILES string of the molecule is CC1CCCN(Cc2ccc(CNC(=O)C3CCCN(Cc4ccc(F)cc4)C3)cc2)C1. The van der Waals surface area contributed by atoms with Crippen molar-refractivity contribution in [2.75, 3.05) is 26.2 Å². The third-order valence-electron chi connectivity index (χ3n) is 6.83. The summed E-state index contributed by atoms with van der Waals surface area (Å²) in [6, 6.07) is 15.3. The summed E-state index contributed by atoms with van der Waals surface area (Å²) in [7, 11) is 0. The van der Waals surface area contributed by atoms with Crippen LogP contribution < -0.4 is 5.32 Å². The van der Waals surface area contributed by atoms with Gasteiger partial charge in [0.25, 0.3) is 0 Å². The number of rotatable bonds is 7. The van der Waals surface area contributed by atoms with E-state index in [1.165, 1.54) is 43.6 Å². The van der Waals surface area contributed by atoms with Crippen LogP contribution in [0.15, 0.2) is 48.5 Å². The fourth-order valence-corrected chi connectivity index (χ4v) is 5.05. The maximum Gasteiger partial charge on any atom is 0.224 e. The molecular formula is C27H36FN3O. The quantitative estimate of drug-likeness (QED) is 0.688. The van der Waals surface area contributed by atoms with Crippen molar-refractivity contribution in [3.05, 3.63) is 71.0 Å². The Kier molecular flexibility index (Phi) is 7.93. The Morgan fingerprint density at radius 1 is 0.875 bits per heavy atom. The number of nitrogens with one attached hydrogen (secondary N) is 1. The molecular weight excluding hydrogens is 401 g/mol. The Hall–Kier alpha value is -2.24. The minimum absolute atomic E-state index is 0.0181. The van der Waals surface area contributed by atoms with Crippen molar-refractivity contribution >= 4 is 5.91 Å². The maximum absolute atomic E-state index is 13.1. The van der Waals surface area contributed by atoms with Crippen LogP contribution in [0.3, 0.4) is 0 Å². The van der Waals surface area contributed by atoms with Crippen molar-refractivity contribution in [1.29, 1.82) is 0 Å². The molecule has 32 heavy (non-hydrogen) atoms. The molecule has 2 unspecified atom stereocenters. The van der Waals surface area contributed by atoms with Gasteiger partial charge in [-0.2, -0.15) is 0 Å². The molecule has 172 valence electrons. The molecule has 1 amide bonds. The van der Waals surface area contributed by atoms with Gasteiger partial charge in [-0.25, -0.2) is 4.39 Å². The second-order valence-corrected chi connectivity index (χ2v) is 9.72. The number of amides is 1. The molecule has 0 saturated carbocycles. The van der Waals surface area contributed by atoms with Crippen LogP contribution >= 0.6 is 0 Å². The summed E-state index contributed by atoms with van der Waals surface area (Å²) in [6.07, 6.45) is 4.59. The van der Waals surface area contributed by atoms with E-state index in [0.29, 0.717) is 6.54 Å². The van der Waals surface area contributed by atoms with Crippen molar-refractivity contribution in [3.8, 4) is 0 Å². The second-order valence-electron chi connectivity index (χ2n) is 9.72. The Bertz CT molecular complexity index is 867. The molecule has 0 bridgehead atoms. The zero-order chi connectivity index (χ0) is 22.3. The van der Waals surface area contributed by atoms with Gasteiger partial charge >= 0.3 is 0 Å². The molecule has 2 fully saturated rings. The van der Waals surface area contributed by atoms with E-state index in [2.05, 4.69) is 46.3 Å². The number of piperidine rings is 2. The average Bonchev–Trinajstić information content (AvgIpc) is 2.80. The van der Waals surface area contributed by atoms with Gasteiger partial charge in [-0.1, -0.05) is 43.3 Å². The summed E-state index contributed by atoms with van der Waals surface area (Å²) < 4.78 is 13.1. The Balaban J connectivity index is 1.22. The normalized spacial score (nSPS) is 22.6. The average molecular weight is 438 g/mol. The molecule has 0 radical (unpaired) electrons. The predicted octanol–water partition coefficient (Wildman–Crippen LogP) is 4.59. The molecule has 4 nitrogen and oxygen atoms in total. The van der Waals surface area contributed by atoms with Crippen molar-refractivity contribution in [2.24, 2.45) is 11.8 Å². The zero-order valence-electron chi connectivity index (χ0n) is 19.2. The smallest absolute Gasteiger partial charge is 0.224 e. The second kappa shape index (κ2) is 11.1. The number of benzene rings is 2. The van der Waals surface area contributed by atoms with Crippen LogP contribution in [0.5, 0.6) is 0 Å². The van der Waals surface area contributed by atoms with Crippen LogP contribution in [0.1, 0.15) is 49.3 Å². The first-order valence-electron chi connectivity index (χ1n) is 12.1. The first-order chi connectivity index (χ1) is 15.5. The molecule has 5 heteroatoms. The summed E-state index contributed by atoms with van der Waals surface area (Å²) in [4.78, 5) is 17.6. The maximum atomic E-state index is 13.1. The van der Waals surface area contributed by atoms with Crippen LogP contribution in [0.2, 0.25) is 0 Å². The topological polar surface area (TPSA) is 35.6 Å². The lowest BCUT2D eigenvalue weighted by Gasteiger charge is -2.32. The summed E-state index contributed by atoms with van der Waals surface area (Å²) in [6.45, 7) is 8.83. The number of likely N-dealkylation sites (tertiary alicyclic amines) is 2. The summed E-state index contributed by atoms with van der Waals surface area (Å²) >= 11 is 0. The number of carbonyl (C=O) groups is 1. The van der Waals surface area contributed by atoms with Crippen LogP contribution in [-0.4, -0.2) is 41.9 Å². The molecule has 4 rings (SSSR count). The monoisotopic (exact) mass is 437 g/mol. The van der Waals surface area contributed by atoms with E-state index in [1.807, 2.05) is 12.1 Å². The van der Waals surface area contributed by atoms with Gasteiger partial charge < -0.3 is 5.32 Å². The minimum Gasteiger partial charge on any atom is -0.352 e. The molecule has 2 aromatic carbocycles. The lowest BCUT2D eigenvalue weighted by Crippen LogP contribution is -2.42. The fourth-order valence-electron chi connectivity index (χ4n) is 5.05.